The maximum atomic E-state index is 12.0. The molecule has 8 nitrogen and oxygen atoms in total. The van der Waals surface area contributed by atoms with Gasteiger partial charge in [0.25, 0.3) is 5.69 Å². The van der Waals surface area contributed by atoms with Crippen molar-refractivity contribution in [3.05, 3.63) is 61.2 Å². The van der Waals surface area contributed by atoms with Crippen molar-refractivity contribution < 1.29 is 19.2 Å². The molecule has 2 aromatic rings. The number of para-hydroxylation sites is 1. The summed E-state index contributed by atoms with van der Waals surface area (Å²) in [4.78, 5) is 22.4. The number of carbonyl (C=O) groups is 1. The van der Waals surface area contributed by atoms with Gasteiger partial charge in [0.2, 0.25) is 5.91 Å². The number of hydrogen-bond acceptors (Lipinski definition) is 6. The zero-order valence-electron chi connectivity index (χ0n) is 14.1. The van der Waals surface area contributed by atoms with Crippen LogP contribution in [0.1, 0.15) is 11.1 Å². The third-order valence-electron chi connectivity index (χ3n) is 3.40. The molecule has 136 valence electrons. The predicted octanol–water partition coefficient (Wildman–Crippen LogP) is 2.91. The molecule has 2 rings (SSSR count). The Morgan fingerprint density at radius 3 is 2.69 bits per heavy atom. The highest BCUT2D eigenvalue weighted by Gasteiger charge is 2.15. The van der Waals surface area contributed by atoms with Gasteiger partial charge in [0, 0.05) is 11.6 Å². The van der Waals surface area contributed by atoms with Gasteiger partial charge in [-0.25, -0.2) is 5.43 Å². The predicted molar refractivity (Wildman–Crippen MR) is 105 cm³/mol. The van der Waals surface area contributed by atoms with E-state index in [9.17, 15) is 14.9 Å². The van der Waals surface area contributed by atoms with E-state index in [1.165, 1.54) is 25.5 Å². The minimum Gasteiger partial charge on any atom is -0.493 e. The van der Waals surface area contributed by atoms with Gasteiger partial charge in [-0.3, -0.25) is 14.9 Å². The Morgan fingerprint density at radius 2 is 2.04 bits per heavy atom. The number of ether oxygens (including phenoxy) is 2. The van der Waals surface area contributed by atoms with E-state index >= 15 is 0 Å². The molecule has 0 radical (unpaired) electrons. The van der Waals surface area contributed by atoms with E-state index in [1.807, 2.05) is 6.07 Å². The topological polar surface area (TPSA) is 103 Å². The lowest BCUT2D eigenvalue weighted by molar-refractivity contribution is -0.385. The van der Waals surface area contributed by atoms with Crippen LogP contribution in [-0.4, -0.2) is 31.3 Å². The molecule has 9 heteroatoms. The van der Waals surface area contributed by atoms with Crippen molar-refractivity contribution in [3.8, 4) is 11.5 Å². The number of nitrogens with one attached hydrogen (secondary N) is 1. The molecular weight excluding hydrogens is 453 g/mol. The summed E-state index contributed by atoms with van der Waals surface area (Å²) in [7, 11) is 3.08. The number of amides is 1. The van der Waals surface area contributed by atoms with Crippen molar-refractivity contribution in [1.29, 1.82) is 0 Å². The molecule has 0 fully saturated rings. The zero-order valence-corrected chi connectivity index (χ0v) is 16.2. The number of benzene rings is 2. The van der Waals surface area contributed by atoms with Gasteiger partial charge < -0.3 is 9.47 Å². The van der Waals surface area contributed by atoms with E-state index in [1.54, 1.807) is 25.3 Å². The lowest BCUT2D eigenvalue weighted by Gasteiger charge is -2.10. The molecule has 0 spiro atoms. The largest absolute Gasteiger partial charge is 0.493 e. The standard InChI is InChI=1S/C17H16IN3O5/c1-25-15-8-11(7-13(18)17(15)26-2)10-19-20-16(22)9-12-5-3-4-6-14(12)21(23)24/h3-8,10H,9H2,1-2H3,(H,20,22)/b19-10+. The van der Waals surface area contributed by atoms with Crippen LogP contribution >= 0.6 is 22.6 Å². The highest BCUT2D eigenvalue weighted by molar-refractivity contribution is 14.1. The summed E-state index contributed by atoms with van der Waals surface area (Å²) in [6, 6.07) is 9.63. The van der Waals surface area contributed by atoms with Gasteiger partial charge in [-0.2, -0.15) is 5.10 Å². The fraction of sp³-hybridized carbons (Fsp3) is 0.176. The molecule has 26 heavy (non-hydrogen) atoms. The first-order valence-corrected chi connectivity index (χ1v) is 8.49. The molecule has 0 heterocycles. The molecule has 1 amide bonds. The highest BCUT2D eigenvalue weighted by Crippen LogP contribution is 2.33. The van der Waals surface area contributed by atoms with Gasteiger partial charge in [0.05, 0.1) is 35.3 Å². The quantitative estimate of drug-likeness (QED) is 0.291. The van der Waals surface area contributed by atoms with Crippen molar-refractivity contribution >= 4 is 40.4 Å². The smallest absolute Gasteiger partial charge is 0.273 e. The molecule has 2 aromatic carbocycles. The van der Waals surface area contributed by atoms with Crippen molar-refractivity contribution in [2.24, 2.45) is 5.10 Å². The van der Waals surface area contributed by atoms with Crippen molar-refractivity contribution in [2.75, 3.05) is 14.2 Å². The first-order chi connectivity index (χ1) is 12.5. The molecule has 0 atom stereocenters. The number of rotatable bonds is 7. The maximum absolute atomic E-state index is 12.0. The molecule has 0 bridgehead atoms. The highest BCUT2D eigenvalue weighted by atomic mass is 127. The van der Waals surface area contributed by atoms with Crippen molar-refractivity contribution in [1.82, 2.24) is 5.43 Å². The van der Waals surface area contributed by atoms with E-state index in [0.717, 1.165) is 3.57 Å². The maximum Gasteiger partial charge on any atom is 0.273 e. The van der Waals surface area contributed by atoms with E-state index in [2.05, 4.69) is 33.1 Å². The van der Waals surface area contributed by atoms with E-state index in [-0.39, 0.29) is 12.1 Å². The number of nitro groups is 1. The molecule has 0 aliphatic heterocycles. The summed E-state index contributed by atoms with van der Waals surface area (Å²) in [5.41, 5.74) is 3.30. The van der Waals surface area contributed by atoms with Crippen LogP contribution in [0.25, 0.3) is 0 Å². The van der Waals surface area contributed by atoms with Gasteiger partial charge in [0.1, 0.15) is 0 Å². The molecular formula is C17H16IN3O5. The van der Waals surface area contributed by atoms with Crippen LogP contribution in [0.15, 0.2) is 41.5 Å². The number of halogens is 1. The van der Waals surface area contributed by atoms with Crippen LogP contribution < -0.4 is 14.9 Å². The number of carbonyl (C=O) groups excluding carboxylic acids is 1. The number of hydrazone groups is 1. The van der Waals surface area contributed by atoms with Crippen LogP contribution in [0.3, 0.4) is 0 Å². The molecule has 0 saturated heterocycles. The van der Waals surface area contributed by atoms with Crippen molar-refractivity contribution in [3.63, 3.8) is 0 Å². The van der Waals surface area contributed by atoms with Gasteiger partial charge in [-0.05, 0) is 40.3 Å². The fourth-order valence-electron chi connectivity index (χ4n) is 2.24. The lowest BCUT2D eigenvalue weighted by atomic mass is 10.1. The van der Waals surface area contributed by atoms with E-state index in [4.69, 9.17) is 9.47 Å². The van der Waals surface area contributed by atoms with Gasteiger partial charge in [-0.15, -0.1) is 0 Å². The lowest BCUT2D eigenvalue weighted by Crippen LogP contribution is -2.20. The molecule has 0 unspecified atom stereocenters. The number of methoxy groups -OCH3 is 2. The molecule has 0 aliphatic carbocycles. The molecule has 0 aliphatic rings. The summed E-state index contributed by atoms with van der Waals surface area (Å²) in [6.07, 6.45) is 1.32. The van der Waals surface area contributed by atoms with Crippen molar-refractivity contribution in [2.45, 2.75) is 6.42 Å². The summed E-state index contributed by atoms with van der Waals surface area (Å²) in [5.74, 6) is 0.712. The first-order valence-electron chi connectivity index (χ1n) is 7.42. The normalized spacial score (nSPS) is 10.6. The SMILES string of the molecule is COc1cc(/C=N/NC(=O)Cc2ccccc2[N+](=O)[O-])cc(I)c1OC. The minimum absolute atomic E-state index is 0.0962. The van der Waals surface area contributed by atoms with Crippen LogP contribution in [0.2, 0.25) is 0 Å². The summed E-state index contributed by atoms with van der Waals surface area (Å²) < 4.78 is 11.3. The molecule has 0 aromatic heterocycles. The second kappa shape index (κ2) is 9.13. The summed E-state index contributed by atoms with van der Waals surface area (Å²) in [6.45, 7) is 0. The Hall–Kier alpha value is -2.69. The summed E-state index contributed by atoms with van der Waals surface area (Å²) in [5, 5.41) is 14.9. The first kappa shape index (κ1) is 19.6. The number of nitro benzene ring substituents is 1. The Bertz CT molecular complexity index is 854. The average Bonchev–Trinajstić information content (AvgIpc) is 2.61. The van der Waals surface area contributed by atoms with Gasteiger partial charge >= 0.3 is 0 Å². The fourth-order valence-corrected chi connectivity index (χ4v) is 3.09. The van der Waals surface area contributed by atoms with Crippen LogP contribution in [0.5, 0.6) is 11.5 Å². The Labute approximate surface area is 163 Å². The number of nitrogens with zero attached hydrogens (tertiary/aromatic N) is 2. The average molecular weight is 469 g/mol. The van der Waals surface area contributed by atoms with Crippen LogP contribution in [-0.2, 0) is 11.2 Å². The van der Waals surface area contributed by atoms with Gasteiger partial charge in [-0.1, -0.05) is 18.2 Å². The third kappa shape index (κ3) is 4.91. The van der Waals surface area contributed by atoms with E-state index < -0.39 is 10.8 Å². The Kier molecular flexibility index (Phi) is 6.89. The van der Waals surface area contributed by atoms with E-state index in [0.29, 0.717) is 22.6 Å². The van der Waals surface area contributed by atoms with Crippen LogP contribution in [0, 0.1) is 13.7 Å². The second-order valence-electron chi connectivity index (χ2n) is 5.09. The molecule has 1 N–H and O–H groups in total. The zero-order chi connectivity index (χ0) is 19.1. The molecule has 0 saturated carbocycles. The number of hydrogen-bond donors (Lipinski definition) is 1. The minimum atomic E-state index is -0.516. The monoisotopic (exact) mass is 469 g/mol. The second-order valence-corrected chi connectivity index (χ2v) is 6.26. The Balaban J connectivity index is 2.06. The summed E-state index contributed by atoms with van der Waals surface area (Å²) >= 11 is 2.11. The van der Waals surface area contributed by atoms with Crippen LogP contribution in [0.4, 0.5) is 5.69 Å². The third-order valence-corrected chi connectivity index (χ3v) is 4.20. The Morgan fingerprint density at radius 1 is 1.31 bits per heavy atom. The van der Waals surface area contributed by atoms with Gasteiger partial charge in [0.15, 0.2) is 11.5 Å².